The molecule has 118 valence electrons. The molecule has 2 rings (SSSR count). The molecule has 1 aromatic rings. The van der Waals surface area contributed by atoms with Gasteiger partial charge in [-0.25, -0.2) is 12.8 Å². The summed E-state index contributed by atoms with van der Waals surface area (Å²) in [6.45, 7) is 3.14. The summed E-state index contributed by atoms with van der Waals surface area (Å²) in [7, 11) is -2.95. The Balaban J connectivity index is 2.25. The van der Waals surface area contributed by atoms with E-state index in [-0.39, 0.29) is 23.4 Å². The zero-order chi connectivity index (χ0) is 15.5. The maximum atomic E-state index is 13.5. The van der Waals surface area contributed by atoms with Gasteiger partial charge in [0.1, 0.15) is 5.82 Å². The third kappa shape index (κ3) is 4.41. The van der Waals surface area contributed by atoms with Crippen LogP contribution >= 0.6 is 0 Å². The van der Waals surface area contributed by atoms with Crippen molar-refractivity contribution < 1.29 is 12.8 Å². The van der Waals surface area contributed by atoms with E-state index in [1.165, 1.54) is 12.1 Å². The van der Waals surface area contributed by atoms with Crippen LogP contribution < -0.4 is 10.6 Å². The fourth-order valence-corrected chi connectivity index (χ4v) is 3.90. The molecule has 0 radical (unpaired) electrons. The van der Waals surface area contributed by atoms with Crippen LogP contribution in [0.5, 0.6) is 0 Å². The molecule has 0 saturated carbocycles. The maximum absolute atomic E-state index is 13.5. The number of halogens is 1. The molecule has 1 atom stereocenters. The van der Waals surface area contributed by atoms with Crippen LogP contribution in [0.3, 0.4) is 0 Å². The van der Waals surface area contributed by atoms with Gasteiger partial charge in [0.05, 0.1) is 11.5 Å². The summed E-state index contributed by atoms with van der Waals surface area (Å²) >= 11 is 0. The van der Waals surface area contributed by atoms with E-state index >= 15 is 0 Å². The van der Waals surface area contributed by atoms with E-state index in [0.29, 0.717) is 25.9 Å². The van der Waals surface area contributed by atoms with E-state index in [4.69, 9.17) is 5.73 Å². The van der Waals surface area contributed by atoms with Gasteiger partial charge in [-0.15, -0.1) is 0 Å². The van der Waals surface area contributed by atoms with Gasteiger partial charge in [-0.1, -0.05) is 6.92 Å². The van der Waals surface area contributed by atoms with Crippen LogP contribution in [0.1, 0.15) is 25.3 Å². The molecule has 0 aliphatic carbocycles. The van der Waals surface area contributed by atoms with Crippen LogP contribution in [-0.4, -0.2) is 39.1 Å². The van der Waals surface area contributed by atoms with Crippen molar-refractivity contribution in [3.05, 3.63) is 29.6 Å². The molecular formula is C15H23FN2O2S. The Morgan fingerprint density at radius 3 is 2.81 bits per heavy atom. The van der Waals surface area contributed by atoms with E-state index in [9.17, 15) is 12.8 Å². The predicted octanol–water partition coefficient (Wildman–Crippen LogP) is 1.73. The van der Waals surface area contributed by atoms with Crippen LogP contribution in [0.4, 0.5) is 10.1 Å². The normalized spacial score (nSPS) is 20.0. The summed E-state index contributed by atoms with van der Waals surface area (Å²) in [4.78, 5) is 2.04. The van der Waals surface area contributed by atoms with Gasteiger partial charge in [-0.2, -0.15) is 0 Å². The number of hydrogen-bond donors (Lipinski definition) is 1. The van der Waals surface area contributed by atoms with Gasteiger partial charge in [0.15, 0.2) is 9.84 Å². The molecule has 1 aliphatic rings. The number of anilines is 1. The highest BCUT2D eigenvalue weighted by atomic mass is 32.2. The van der Waals surface area contributed by atoms with Crippen LogP contribution in [0.15, 0.2) is 18.2 Å². The number of rotatable bonds is 4. The van der Waals surface area contributed by atoms with E-state index < -0.39 is 9.84 Å². The number of hydrogen-bond acceptors (Lipinski definition) is 4. The van der Waals surface area contributed by atoms with Gasteiger partial charge < -0.3 is 10.6 Å². The first-order valence-electron chi connectivity index (χ1n) is 7.40. The minimum atomic E-state index is -2.95. The van der Waals surface area contributed by atoms with Crippen molar-refractivity contribution in [1.29, 1.82) is 0 Å². The maximum Gasteiger partial charge on any atom is 0.152 e. The van der Waals surface area contributed by atoms with Crippen molar-refractivity contribution in [3.8, 4) is 0 Å². The van der Waals surface area contributed by atoms with Crippen LogP contribution in [-0.2, 0) is 16.3 Å². The SMILES string of the molecule is CCC(N)Cc1cc(F)ccc1N1CCCS(=O)(=O)CC1. The number of sulfone groups is 1. The minimum absolute atomic E-state index is 0.0127. The second kappa shape index (κ2) is 6.75. The second-order valence-electron chi connectivity index (χ2n) is 5.64. The van der Waals surface area contributed by atoms with Crippen molar-refractivity contribution in [2.24, 2.45) is 5.73 Å². The molecule has 6 heteroatoms. The highest BCUT2D eigenvalue weighted by Crippen LogP contribution is 2.25. The Morgan fingerprint density at radius 2 is 2.10 bits per heavy atom. The lowest BCUT2D eigenvalue weighted by atomic mass is 10.0. The lowest BCUT2D eigenvalue weighted by Gasteiger charge is -2.26. The molecule has 0 spiro atoms. The molecule has 1 heterocycles. The Hall–Kier alpha value is -1.14. The van der Waals surface area contributed by atoms with Crippen molar-refractivity contribution in [2.45, 2.75) is 32.2 Å². The number of nitrogens with two attached hydrogens (primary N) is 1. The van der Waals surface area contributed by atoms with Gasteiger partial charge in [0.2, 0.25) is 0 Å². The van der Waals surface area contributed by atoms with Crippen molar-refractivity contribution in [1.82, 2.24) is 0 Å². The third-order valence-corrected chi connectivity index (χ3v) is 5.66. The lowest BCUT2D eigenvalue weighted by molar-refractivity contribution is 0.596. The highest BCUT2D eigenvalue weighted by Gasteiger charge is 2.21. The molecule has 1 unspecified atom stereocenters. The van der Waals surface area contributed by atoms with E-state index in [1.807, 2.05) is 11.8 Å². The van der Waals surface area contributed by atoms with Crippen LogP contribution in [0.2, 0.25) is 0 Å². The summed E-state index contributed by atoms with van der Waals surface area (Å²) < 4.78 is 36.9. The molecule has 1 aliphatic heterocycles. The summed E-state index contributed by atoms with van der Waals surface area (Å²) in [6, 6.07) is 4.67. The predicted molar refractivity (Wildman–Crippen MR) is 83.9 cm³/mol. The van der Waals surface area contributed by atoms with Crippen molar-refractivity contribution in [3.63, 3.8) is 0 Å². The first-order chi connectivity index (χ1) is 9.91. The summed E-state index contributed by atoms with van der Waals surface area (Å²) in [5.41, 5.74) is 7.77. The van der Waals surface area contributed by atoms with E-state index in [1.54, 1.807) is 6.07 Å². The van der Waals surface area contributed by atoms with Gasteiger partial charge >= 0.3 is 0 Å². The zero-order valence-electron chi connectivity index (χ0n) is 12.4. The summed E-state index contributed by atoms with van der Waals surface area (Å²) in [5.74, 6) is 0.109. The first-order valence-corrected chi connectivity index (χ1v) is 9.23. The molecule has 0 amide bonds. The zero-order valence-corrected chi connectivity index (χ0v) is 13.2. The Kier molecular flexibility index (Phi) is 5.22. The first kappa shape index (κ1) is 16.2. The average Bonchev–Trinajstić information content (AvgIpc) is 2.60. The number of nitrogens with zero attached hydrogens (tertiary/aromatic N) is 1. The monoisotopic (exact) mass is 314 g/mol. The van der Waals surface area contributed by atoms with Gasteiger partial charge in [0.25, 0.3) is 0 Å². The molecule has 1 saturated heterocycles. The highest BCUT2D eigenvalue weighted by molar-refractivity contribution is 7.91. The topological polar surface area (TPSA) is 63.4 Å². The largest absolute Gasteiger partial charge is 0.370 e. The standard InChI is InChI=1S/C15H23FN2O2S/c1-2-14(17)11-12-10-13(16)4-5-15(12)18-6-3-8-21(19,20)9-7-18/h4-5,10,14H,2-3,6-9,11,17H2,1H3. The number of benzene rings is 1. The minimum Gasteiger partial charge on any atom is -0.370 e. The molecule has 0 bridgehead atoms. The van der Waals surface area contributed by atoms with E-state index in [0.717, 1.165) is 17.7 Å². The molecule has 1 fully saturated rings. The smallest absolute Gasteiger partial charge is 0.152 e. The summed E-state index contributed by atoms with van der Waals surface area (Å²) in [6.07, 6.45) is 2.04. The van der Waals surface area contributed by atoms with Gasteiger partial charge in [-0.3, -0.25) is 0 Å². The van der Waals surface area contributed by atoms with Crippen LogP contribution in [0.25, 0.3) is 0 Å². The quantitative estimate of drug-likeness (QED) is 0.919. The molecule has 2 N–H and O–H groups in total. The fourth-order valence-electron chi connectivity index (χ4n) is 2.63. The van der Waals surface area contributed by atoms with Gasteiger partial charge in [0, 0.05) is 24.8 Å². The van der Waals surface area contributed by atoms with Crippen molar-refractivity contribution in [2.75, 3.05) is 29.5 Å². The average molecular weight is 314 g/mol. The van der Waals surface area contributed by atoms with Gasteiger partial charge in [-0.05, 0) is 43.0 Å². The van der Waals surface area contributed by atoms with E-state index in [2.05, 4.69) is 0 Å². The fraction of sp³-hybridized carbons (Fsp3) is 0.600. The molecule has 4 nitrogen and oxygen atoms in total. The molecular weight excluding hydrogens is 291 g/mol. The lowest BCUT2D eigenvalue weighted by Crippen LogP contribution is -2.29. The third-order valence-electron chi connectivity index (χ3n) is 3.94. The summed E-state index contributed by atoms with van der Waals surface area (Å²) in [5, 5.41) is 0. The Bertz CT molecular complexity index is 589. The Labute approximate surface area is 126 Å². The molecule has 1 aromatic carbocycles. The molecule has 0 aromatic heterocycles. The van der Waals surface area contributed by atoms with Crippen LogP contribution in [0, 0.1) is 5.82 Å². The molecule has 21 heavy (non-hydrogen) atoms. The Morgan fingerprint density at radius 1 is 1.33 bits per heavy atom. The van der Waals surface area contributed by atoms with Crippen molar-refractivity contribution >= 4 is 15.5 Å². The second-order valence-corrected chi connectivity index (χ2v) is 7.94.